The van der Waals surface area contributed by atoms with Crippen LogP contribution in [0.5, 0.6) is 0 Å². The quantitative estimate of drug-likeness (QED) is 0.587. The van der Waals surface area contributed by atoms with Crippen LogP contribution in [0.4, 0.5) is 0 Å². The van der Waals surface area contributed by atoms with Crippen LogP contribution in [0.1, 0.15) is 76.0 Å². The van der Waals surface area contributed by atoms with Gasteiger partial charge in [-0.15, -0.1) is 9.24 Å². The molecule has 0 radical (unpaired) electrons. The summed E-state index contributed by atoms with van der Waals surface area (Å²) in [6.45, 7) is 13.6. The maximum Gasteiger partial charge on any atom is -0.0108 e. The second-order valence-electron chi connectivity index (χ2n) is 7.12. The van der Waals surface area contributed by atoms with Gasteiger partial charge >= 0.3 is 0 Å². The van der Waals surface area contributed by atoms with Crippen molar-refractivity contribution in [2.75, 3.05) is 0 Å². The maximum absolute atomic E-state index is 2.92. The molecule has 118 valence electrons. The van der Waals surface area contributed by atoms with Crippen molar-refractivity contribution in [3.63, 3.8) is 0 Å². The van der Waals surface area contributed by atoms with Crippen LogP contribution < -0.4 is 5.30 Å². The zero-order valence-corrected chi connectivity index (χ0v) is 15.9. The normalized spacial score (nSPS) is 11.7. The van der Waals surface area contributed by atoms with Crippen molar-refractivity contribution in [3.8, 4) is 11.1 Å². The van der Waals surface area contributed by atoms with E-state index in [9.17, 15) is 0 Å². The van der Waals surface area contributed by atoms with Gasteiger partial charge in [0, 0.05) is 0 Å². The minimum atomic E-state index is 0.519. The average Bonchev–Trinajstić information content (AvgIpc) is 2.46. The molecule has 0 aliphatic heterocycles. The molecule has 1 heteroatoms. The number of hydrogen-bond acceptors (Lipinski definition) is 0. The lowest BCUT2D eigenvalue weighted by atomic mass is 9.84. The second-order valence-corrected chi connectivity index (χ2v) is 7.74. The monoisotopic (exact) mass is 312 g/mol. The van der Waals surface area contributed by atoms with Crippen LogP contribution in [0.3, 0.4) is 0 Å². The Morgan fingerprint density at radius 1 is 0.682 bits per heavy atom. The fourth-order valence-electron chi connectivity index (χ4n) is 3.11. The van der Waals surface area contributed by atoms with Crippen LogP contribution in [0.2, 0.25) is 0 Å². The molecular formula is C21H29P. The molecule has 2 aromatic rings. The Kier molecular flexibility index (Phi) is 5.45. The molecule has 1 unspecified atom stereocenters. The molecule has 22 heavy (non-hydrogen) atoms. The lowest BCUT2D eigenvalue weighted by Crippen LogP contribution is -2.10. The van der Waals surface area contributed by atoms with Crippen molar-refractivity contribution in [1.29, 1.82) is 0 Å². The third kappa shape index (κ3) is 3.44. The van der Waals surface area contributed by atoms with Crippen LogP contribution in [-0.2, 0) is 0 Å². The van der Waals surface area contributed by atoms with E-state index in [1.807, 2.05) is 0 Å². The number of rotatable bonds is 4. The van der Waals surface area contributed by atoms with Crippen molar-refractivity contribution in [2.24, 2.45) is 0 Å². The van der Waals surface area contributed by atoms with Gasteiger partial charge in [0.1, 0.15) is 0 Å². The SMILES string of the molecule is CC(C)c1ccc(-c2c(C(C)C)ccc(P)c2C(C)C)cc1. The Balaban J connectivity index is 2.68. The highest BCUT2D eigenvalue weighted by Gasteiger charge is 2.17. The lowest BCUT2D eigenvalue weighted by molar-refractivity contribution is 0.842. The minimum absolute atomic E-state index is 0.519. The highest BCUT2D eigenvalue weighted by Crippen LogP contribution is 2.36. The third-order valence-corrected chi connectivity index (χ3v) is 4.88. The van der Waals surface area contributed by atoms with Crippen molar-refractivity contribution < 1.29 is 0 Å². The molecule has 0 aliphatic carbocycles. The first-order chi connectivity index (χ1) is 10.3. The summed E-state index contributed by atoms with van der Waals surface area (Å²) in [4.78, 5) is 0. The molecule has 0 spiro atoms. The van der Waals surface area contributed by atoms with Gasteiger partial charge < -0.3 is 0 Å². The van der Waals surface area contributed by atoms with Crippen molar-refractivity contribution >= 4 is 14.5 Å². The van der Waals surface area contributed by atoms with Gasteiger partial charge in [0.25, 0.3) is 0 Å². The van der Waals surface area contributed by atoms with E-state index in [1.165, 1.54) is 33.1 Å². The smallest absolute Gasteiger partial charge is 0.0108 e. The Labute approximate surface area is 138 Å². The Morgan fingerprint density at radius 2 is 1.27 bits per heavy atom. The highest BCUT2D eigenvalue weighted by atomic mass is 31.0. The standard InChI is InChI=1S/C21H29P/c1-13(2)16-7-9-17(10-8-16)21-18(14(3)4)11-12-19(22)20(21)15(5)6/h7-15H,22H2,1-6H3. The van der Waals surface area contributed by atoms with Crippen LogP contribution in [0.25, 0.3) is 11.1 Å². The van der Waals surface area contributed by atoms with Gasteiger partial charge in [-0.05, 0) is 50.9 Å². The van der Waals surface area contributed by atoms with Gasteiger partial charge in [0.2, 0.25) is 0 Å². The molecule has 2 aromatic carbocycles. The van der Waals surface area contributed by atoms with E-state index in [-0.39, 0.29) is 0 Å². The molecule has 1 atom stereocenters. The highest BCUT2D eigenvalue weighted by molar-refractivity contribution is 7.27. The fourth-order valence-corrected chi connectivity index (χ4v) is 3.69. The topological polar surface area (TPSA) is 0 Å². The summed E-state index contributed by atoms with van der Waals surface area (Å²) >= 11 is 0. The molecule has 2 rings (SSSR count). The van der Waals surface area contributed by atoms with Gasteiger partial charge in [0.15, 0.2) is 0 Å². The predicted octanol–water partition coefficient (Wildman–Crippen LogP) is 6.22. The summed E-state index contributed by atoms with van der Waals surface area (Å²) in [6, 6.07) is 13.7. The Bertz CT molecular complexity index is 634. The zero-order chi connectivity index (χ0) is 16.4. The predicted molar refractivity (Wildman–Crippen MR) is 103 cm³/mol. The molecule has 0 heterocycles. The molecule has 0 amide bonds. The fraction of sp³-hybridized carbons (Fsp3) is 0.429. The molecule has 0 bridgehead atoms. The van der Waals surface area contributed by atoms with Gasteiger partial charge in [-0.1, -0.05) is 77.9 Å². The molecule has 0 nitrogen and oxygen atoms in total. The first kappa shape index (κ1) is 17.2. The molecule has 0 saturated heterocycles. The van der Waals surface area contributed by atoms with E-state index in [4.69, 9.17) is 0 Å². The summed E-state index contributed by atoms with van der Waals surface area (Å²) < 4.78 is 0. The van der Waals surface area contributed by atoms with E-state index < -0.39 is 0 Å². The minimum Gasteiger partial charge on any atom is -0.105 e. The summed E-state index contributed by atoms with van der Waals surface area (Å²) in [5, 5.41) is 1.32. The van der Waals surface area contributed by atoms with Crippen LogP contribution in [-0.4, -0.2) is 0 Å². The summed E-state index contributed by atoms with van der Waals surface area (Å²) in [7, 11) is 2.92. The first-order valence-corrected chi connectivity index (χ1v) is 8.93. The van der Waals surface area contributed by atoms with Crippen molar-refractivity contribution in [3.05, 3.63) is 53.1 Å². The molecule has 0 saturated carbocycles. The van der Waals surface area contributed by atoms with E-state index in [2.05, 4.69) is 87.2 Å². The molecule has 0 aliphatic rings. The lowest BCUT2D eigenvalue weighted by Gasteiger charge is -2.22. The van der Waals surface area contributed by atoms with Crippen LogP contribution in [0, 0.1) is 0 Å². The van der Waals surface area contributed by atoms with Gasteiger partial charge in [-0.3, -0.25) is 0 Å². The van der Waals surface area contributed by atoms with E-state index >= 15 is 0 Å². The summed E-state index contributed by atoms with van der Waals surface area (Å²) in [6.07, 6.45) is 0. The van der Waals surface area contributed by atoms with Crippen LogP contribution >= 0.6 is 9.24 Å². The third-order valence-electron chi connectivity index (χ3n) is 4.38. The molecule has 0 fully saturated rings. The van der Waals surface area contributed by atoms with Gasteiger partial charge in [-0.2, -0.15) is 0 Å². The summed E-state index contributed by atoms with van der Waals surface area (Å²) in [5.41, 5.74) is 7.11. The Morgan fingerprint density at radius 3 is 1.73 bits per heavy atom. The Hall–Kier alpha value is -1.13. The van der Waals surface area contributed by atoms with Crippen molar-refractivity contribution in [1.82, 2.24) is 0 Å². The van der Waals surface area contributed by atoms with E-state index in [0.717, 1.165) is 0 Å². The first-order valence-electron chi connectivity index (χ1n) is 8.35. The van der Waals surface area contributed by atoms with E-state index in [0.29, 0.717) is 17.8 Å². The summed E-state index contributed by atoms with van der Waals surface area (Å²) in [5.74, 6) is 1.63. The van der Waals surface area contributed by atoms with Gasteiger partial charge in [0.05, 0.1) is 0 Å². The molecule has 0 N–H and O–H groups in total. The second kappa shape index (κ2) is 6.97. The largest absolute Gasteiger partial charge is 0.105 e. The maximum atomic E-state index is 2.92. The van der Waals surface area contributed by atoms with Gasteiger partial charge in [-0.25, -0.2) is 0 Å². The van der Waals surface area contributed by atoms with E-state index in [1.54, 1.807) is 0 Å². The molecular weight excluding hydrogens is 283 g/mol. The number of hydrogen-bond donors (Lipinski definition) is 0. The van der Waals surface area contributed by atoms with Crippen LogP contribution in [0.15, 0.2) is 36.4 Å². The average molecular weight is 312 g/mol. The molecule has 0 aromatic heterocycles. The number of benzene rings is 2. The zero-order valence-electron chi connectivity index (χ0n) is 14.8. The van der Waals surface area contributed by atoms with Crippen molar-refractivity contribution in [2.45, 2.75) is 59.3 Å².